The third-order valence-corrected chi connectivity index (χ3v) is 5.63. The summed E-state index contributed by atoms with van der Waals surface area (Å²) < 4.78 is 33.9. The zero-order valence-corrected chi connectivity index (χ0v) is 15.0. The number of hydrogen-bond donors (Lipinski definition) is 0. The van der Waals surface area contributed by atoms with Crippen molar-refractivity contribution in [3.63, 3.8) is 0 Å². The van der Waals surface area contributed by atoms with E-state index < -0.39 is 15.4 Å². The molecule has 0 N–H and O–H groups in total. The summed E-state index contributed by atoms with van der Waals surface area (Å²) in [6.45, 7) is 3.58. The Morgan fingerprint density at radius 2 is 1.92 bits per heavy atom. The van der Waals surface area contributed by atoms with Crippen LogP contribution in [0.3, 0.4) is 0 Å². The van der Waals surface area contributed by atoms with Crippen LogP contribution in [0.5, 0.6) is 5.75 Å². The first kappa shape index (κ1) is 17.5. The zero-order chi connectivity index (χ0) is 18.0. The predicted octanol–water partition coefficient (Wildman–Crippen LogP) is 3.20. The van der Waals surface area contributed by atoms with E-state index in [9.17, 15) is 13.2 Å². The highest BCUT2D eigenvalue weighted by molar-refractivity contribution is 7.87. The minimum Gasteiger partial charge on any atom is -0.459 e. The number of hydrogen-bond acceptors (Lipinski definition) is 5. The summed E-state index contributed by atoms with van der Waals surface area (Å²) >= 11 is 0. The molecule has 6 nitrogen and oxygen atoms in total. The van der Waals surface area contributed by atoms with Gasteiger partial charge in [0.2, 0.25) is 0 Å². The molecule has 1 aromatic heterocycles. The second-order valence-corrected chi connectivity index (χ2v) is 8.51. The lowest BCUT2D eigenvalue weighted by atomic mass is 10.2. The van der Waals surface area contributed by atoms with Crippen LogP contribution in [-0.2, 0) is 16.7 Å². The fraction of sp³-hybridized carbons (Fsp3) is 0.389. The van der Waals surface area contributed by atoms with Gasteiger partial charge >= 0.3 is 10.1 Å². The van der Waals surface area contributed by atoms with Crippen LogP contribution in [0.25, 0.3) is 0 Å². The second kappa shape index (κ2) is 6.92. The van der Waals surface area contributed by atoms with Gasteiger partial charge in [0, 0.05) is 12.6 Å². The Balaban J connectivity index is 1.70. The monoisotopic (exact) mass is 363 g/mol. The van der Waals surface area contributed by atoms with Crippen molar-refractivity contribution in [1.82, 2.24) is 4.90 Å². The Morgan fingerprint density at radius 1 is 1.24 bits per heavy atom. The average molecular weight is 363 g/mol. The predicted molar refractivity (Wildman–Crippen MR) is 92.7 cm³/mol. The molecular formula is C18H21NO5S. The van der Waals surface area contributed by atoms with Gasteiger partial charge < -0.3 is 13.5 Å². The molecular weight excluding hydrogens is 342 g/mol. The maximum absolute atomic E-state index is 12.5. The molecule has 0 spiro atoms. The molecule has 0 saturated heterocycles. The molecule has 1 heterocycles. The van der Waals surface area contributed by atoms with Crippen molar-refractivity contribution in [3.8, 4) is 5.75 Å². The number of carbonyl (C=O) groups excluding carboxylic acids is 1. The SMILES string of the molecule is CC(C)S(=O)(=O)Oc1ccc(CN(C(=O)c2ccco2)C2CC2)cc1. The smallest absolute Gasteiger partial charge is 0.311 e. The van der Waals surface area contributed by atoms with E-state index in [1.807, 2.05) is 0 Å². The zero-order valence-electron chi connectivity index (χ0n) is 14.2. The average Bonchev–Trinajstić information content (AvgIpc) is 3.26. The largest absolute Gasteiger partial charge is 0.459 e. The lowest BCUT2D eigenvalue weighted by molar-refractivity contribution is 0.0697. The molecule has 1 aliphatic rings. The summed E-state index contributed by atoms with van der Waals surface area (Å²) in [4.78, 5) is 14.3. The van der Waals surface area contributed by atoms with Gasteiger partial charge in [-0.2, -0.15) is 8.42 Å². The highest BCUT2D eigenvalue weighted by Gasteiger charge is 2.34. The Labute approximate surface area is 147 Å². The number of carbonyl (C=O) groups is 1. The van der Waals surface area contributed by atoms with Gasteiger partial charge in [-0.3, -0.25) is 4.79 Å². The van der Waals surface area contributed by atoms with Crippen molar-refractivity contribution in [2.75, 3.05) is 0 Å². The third-order valence-electron chi connectivity index (χ3n) is 4.05. The van der Waals surface area contributed by atoms with Crippen LogP contribution in [-0.4, -0.2) is 30.5 Å². The van der Waals surface area contributed by atoms with Crippen LogP contribution in [0.2, 0.25) is 0 Å². The van der Waals surface area contributed by atoms with E-state index in [2.05, 4.69) is 0 Å². The van der Waals surface area contributed by atoms with Crippen molar-refractivity contribution >= 4 is 16.0 Å². The summed E-state index contributed by atoms with van der Waals surface area (Å²) in [7, 11) is -3.61. The van der Waals surface area contributed by atoms with E-state index in [1.54, 1.807) is 55.1 Å². The summed E-state index contributed by atoms with van der Waals surface area (Å²) in [5.74, 6) is 0.470. The molecule has 1 aromatic carbocycles. The molecule has 0 aliphatic heterocycles. The molecule has 1 amide bonds. The molecule has 1 aliphatic carbocycles. The van der Waals surface area contributed by atoms with Gasteiger partial charge in [0.15, 0.2) is 5.76 Å². The molecule has 0 bridgehead atoms. The number of benzene rings is 1. The Kier molecular flexibility index (Phi) is 4.85. The highest BCUT2D eigenvalue weighted by Crippen LogP contribution is 2.30. The van der Waals surface area contributed by atoms with Crippen LogP contribution in [0.4, 0.5) is 0 Å². The molecule has 7 heteroatoms. The number of rotatable bonds is 7. The van der Waals surface area contributed by atoms with E-state index in [0.717, 1.165) is 18.4 Å². The Hall–Kier alpha value is -2.28. The molecule has 3 rings (SSSR count). The van der Waals surface area contributed by atoms with Crippen LogP contribution in [0.15, 0.2) is 47.1 Å². The van der Waals surface area contributed by atoms with Gasteiger partial charge in [0.25, 0.3) is 5.91 Å². The molecule has 25 heavy (non-hydrogen) atoms. The van der Waals surface area contributed by atoms with Gasteiger partial charge in [-0.15, -0.1) is 0 Å². The first-order valence-electron chi connectivity index (χ1n) is 8.23. The standard InChI is InChI=1S/C18H21NO5S/c1-13(2)25(21,22)24-16-9-5-14(6-10-16)12-19(15-7-8-15)18(20)17-4-3-11-23-17/h3-6,9-11,13,15H,7-8,12H2,1-2H3. The molecule has 0 unspecified atom stereocenters. The van der Waals surface area contributed by atoms with Gasteiger partial charge in [-0.1, -0.05) is 12.1 Å². The quantitative estimate of drug-likeness (QED) is 0.706. The summed E-state index contributed by atoms with van der Waals surface area (Å²) in [6, 6.07) is 10.3. The Bertz CT molecular complexity index is 821. The van der Waals surface area contributed by atoms with Crippen LogP contribution < -0.4 is 4.18 Å². The van der Waals surface area contributed by atoms with Crippen molar-refractivity contribution in [2.24, 2.45) is 0 Å². The maximum Gasteiger partial charge on any atom is 0.311 e. The van der Waals surface area contributed by atoms with Gasteiger partial charge in [0.05, 0.1) is 11.5 Å². The van der Waals surface area contributed by atoms with Crippen molar-refractivity contribution < 1.29 is 21.8 Å². The normalized spacial score (nSPS) is 14.5. The molecule has 1 saturated carbocycles. The van der Waals surface area contributed by atoms with E-state index in [-0.39, 0.29) is 17.7 Å². The van der Waals surface area contributed by atoms with Gasteiger partial charge in [0.1, 0.15) is 5.75 Å². The maximum atomic E-state index is 12.5. The second-order valence-electron chi connectivity index (χ2n) is 6.41. The van der Waals surface area contributed by atoms with Crippen LogP contribution in [0.1, 0.15) is 42.8 Å². The fourth-order valence-corrected chi connectivity index (χ4v) is 2.94. The molecule has 0 atom stereocenters. The van der Waals surface area contributed by atoms with E-state index >= 15 is 0 Å². The molecule has 0 radical (unpaired) electrons. The number of amides is 1. The van der Waals surface area contributed by atoms with Crippen molar-refractivity contribution in [1.29, 1.82) is 0 Å². The number of nitrogens with zero attached hydrogens (tertiary/aromatic N) is 1. The first-order chi connectivity index (χ1) is 11.9. The van der Waals surface area contributed by atoms with Gasteiger partial charge in [-0.25, -0.2) is 0 Å². The first-order valence-corrected chi connectivity index (χ1v) is 9.70. The number of furan rings is 1. The molecule has 1 fully saturated rings. The van der Waals surface area contributed by atoms with Gasteiger partial charge in [-0.05, 0) is 56.5 Å². The highest BCUT2D eigenvalue weighted by atomic mass is 32.2. The van der Waals surface area contributed by atoms with Crippen molar-refractivity contribution in [2.45, 2.75) is 44.5 Å². The lowest BCUT2D eigenvalue weighted by Gasteiger charge is -2.21. The molecule has 134 valence electrons. The summed E-state index contributed by atoms with van der Waals surface area (Å²) in [6.07, 6.45) is 3.46. The van der Waals surface area contributed by atoms with E-state index in [1.165, 1.54) is 6.26 Å². The third kappa shape index (κ3) is 4.22. The fourth-order valence-electron chi connectivity index (χ4n) is 2.37. The van der Waals surface area contributed by atoms with E-state index in [0.29, 0.717) is 12.3 Å². The molecule has 2 aromatic rings. The van der Waals surface area contributed by atoms with E-state index in [4.69, 9.17) is 8.60 Å². The van der Waals surface area contributed by atoms with Crippen molar-refractivity contribution in [3.05, 3.63) is 54.0 Å². The lowest BCUT2D eigenvalue weighted by Crippen LogP contribution is -2.32. The van der Waals surface area contributed by atoms with Crippen LogP contribution >= 0.6 is 0 Å². The topological polar surface area (TPSA) is 76.8 Å². The summed E-state index contributed by atoms with van der Waals surface area (Å²) in [5, 5.41) is -0.608. The summed E-state index contributed by atoms with van der Waals surface area (Å²) in [5.41, 5.74) is 0.904. The minimum atomic E-state index is -3.61. The Morgan fingerprint density at radius 3 is 2.44 bits per heavy atom. The minimum absolute atomic E-state index is 0.129. The van der Waals surface area contributed by atoms with Crippen LogP contribution in [0, 0.1) is 0 Å².